The van der Waals surface area contributed by atoms with E-state index in [4.69, 9.17) is 0 Å². The Hall–Kier alpha value is -2.28. The van der Waals surface area contributed by atoms with Gasteiger partial charge in [0, 0.05) is 38.8 Å². The average molecular weight is 348 g/mol. The van der Waals surface area contributed by atoms with Crippen molar-refractivity contribution < 1.29 is 13.6 Å². The summed E-state index contributed by atoms with van der Waals surface area (Å²) in [4.78, 5) is 14.3. The number of benzene rings is 1. The zero-order valence-electron chi connectivity index (χ0n) is 14.1. The van der Waals surface area contributed by atoms with Gasteiger partial charge in [-0.3, -0.25) is 9.48 Å². The number of aryl methyl sites for hydroxylation is 1. The first-order valence-corrected chi connectivity index (χ1v) is 8.34. The Morgan fingerprint density at radius 1 is 1.36 bits per heavy atom. The van der Waals surface area contributed by atoms with Crippen LogP contribution in [0, 0.1) is 5.92 Å². The summed E-state index contributed by atoms with van der Waals surface area (Å²) < 4.78 is 27.8. The third kappa shape index (κ3) is 4.22. The summed E-state index contributed by atoms with van der Waals surface area (Å²) in [6, 6.07) is 9.24. The molecule has 0 spiro atoms. The standard InChI is InChI=1S/C18H22F2N4O/c1-23-11-14(7-22-23)15-8-21-9-16(15)18(25)24(12-17(19)20)10-13-5-3-2-4-6-13/h2-7,11,15-17,21H,8-10,12H2,1H3/t15-,16+/m1/s1. The number of halogens is 2. The van der Waals surface area contributed by atoms with E-state index in [1.807, 2.05) is 43.6 Å². The zero-order valence-corrected chi connectivity index (χ0v) is 14.1. The molecule has 1 aromatic heterocycles. The zero-order chi connectivity index (χ0) is 17.8. The molecule has 25 heavy (non-hydrogen) atoms. The second-order valence-corrected chi connectivity index (χ2v) is 6.41. The van der Waals surface area contributed by atoms with Gasteiger partial charge in [-0.2, -0.15) is 5.10 Å². The van der Waals surface area contributed by atoms with Crippen LogP contribution in [0.2, 0.25) is 0 Å². The molecule has 1 fully saturated rings. The first-order chi connectivity index (χ1) is 12.0. The Kier molecular flexibility index (Phi) is 5.43. The molecule has 0 radical (unpaired) electrons. The van der Waals surface area contributed by atoms with Crippen LogP contribution in [0.5, 0.6) is 0 Å². The fourth-order valence-electron chi connectivity index (χ4n) is 3.36. The van der Waals surface area contributed by atoms with E-state index in [9.17, 15) is 13.6 Å². The SMILES string of the molecule is Cn1cc([C@H]2CNC[C@@H]2C(=O)N(Cc2ccccc2)CC(F)F)cn1. The first-order valence-electron chi connectivity index (χ1n) is 8.34. The average Bonchev–Trinajstić information content (AvgIpc) is 3.22. The lowest BCUT2D eigenvalue weighted by atomic mass is 9.89. The number of carbonyl (C=O) groups excluding carboxylic acids is 1. The molecule has 1 saturated heterocycles. The van der Waals surface area contributed by atoms with Crippen molar-refractivity contribution in [1.29, 1.82) is 0 Å². The van der Waals surface area contributed by atoms with E-state index in [1.54, 1.807) is 10.9 Å². The summed E-state index contributed by atoms with van der Waals surface area (Å²) in [6.45, 7) is 0.785. The monoisotopic (exact) mass is 348 g/mol. The van der Waals surface area contributed by atoms with Crippen molar-refractivity contribution in [3.63, 3.8) is 0 Å². The maximum Gasteiger partial charge on any atom is 0.255 e. The van der Waals surface area contributed by atoms with Crippen LogP contribution in [0.15, 0.2) is 42.7 Å². The molecule has 0 unspecified atom stereocenters. The number of carbonyl (C=O) groups is 1. The predicted molar refractivity (Wildman–Crippen MR) is 90.2 cm³/mol. The molecule has 3 rings (SSSR count). The summed E-state index contributed by atoms with van der Waals surface area (Å²) in [5.74, 6) is -0.633. The van der Waals surface area contributed by atoms with Gasteiger partial charge in [0.2, 0.25) is 5.91 Å². The molecule has 2 heterocycles. The number of aromatic nitrogens is 2. The summed E-state index contributed by atoms with van der Waals surface area (Å²) in [6.07, 6.45) is 1.07. The van der Waals surface area contributed by atoms with Crippen molar-refractivity contribution in [2.45, 2.75) is 18.9 Å². The molecular weight excluding hydrogens is 326 g/mol. The minimum atomic E-state index is -2.56. The van der Waals surface area contributed by atoms with Crippen LogP contribution in [0.4, 0.5) is 8.78 Å². The molecule has 0 bridgehead atoms. The number of nitrogens with zero attached hydrogens (tertiary/aromatic N) is 3. The van der Waals surface area contributed by atoms with E-state index in [1.165, 1.54) is 4.90 Å². The number of hydrogen-bond acceptors (Lipinski definition) is 3. The van der Waals surface area contributed by atoms with Crippen LogP contribution in [0.3, 0.4) is 0 Å². The molecule has 1 N–H and O–H groups in total. The Balaban J connectivity index is 1.78. The molecule has 1 amide bonds. The quantitative estimate of drug-likeness (QED) is 0.869. The molecule has 1 aromatic carbocycles. The van der Waals surface area contributed by atoms with E-state index >= 15 is 0 Å². The molecule has 1 aliphatic heterocycles. The topological polar surface area (TPSA) is 50.2 Å². The molecule has 7 heteroatoms. The van der Waals surface area contributed by atoms with Gasteiger partial charge < -0.3 is 10.2 Å². The highest BCUT2D eigenvalue weighted by atomic mass is 19.3. The van der Waals surface area contributed by atoms with Crippen LogP contribution in [-0.2, 0) is 18.4 Å². The van der Waals surface area contributed by atoms with Crippen LogP contribution >= 0.6 is 0 Å². The number of nitrogens with one attached hydrogen (secondary N) is 1. The maximum atomic E-state index is 13.0. The summed E-state index contributed by atoms with van der Waals surface area (Å²) in [5.41, 5.74) is 1.81. The van der Waals surface area contributed by atoms with E-state index in [0.29, 0.717) is 13.1 Å². The first kappa shape index (κ1) is 17.5. The molecule has 0 saturated carbocycles. The predicted octanol–water partition coefficient (Wildman–Crippen LogP) is 2.02. The second-order valence-electron chi connectivity index (χ2n) is 6.41. The van der Waals surface area contributed by atoms with Gasteiger partial charge in [-0.05, 0) is 11.1 Å². The van der Waals surface area contributed by atoms with Crippen LogP contribution in [-0.4, -0.2) is 46.6 Å². The molecular formula is C18H22F2N4O. The fraction of sp³-hybridized carbons (Fsp3) is 0.444. The third-order valence-corrected chi connectivity index (χ3v) is 4.57. The minimum Gasteiger partial charge on any atom is -0.332 e. The van der Waals surface area contributed by atoms with Crippen molar-refractivity contribution in [2.75, 3.05) is 19.6 Å². The van der Waals surface area contributed by atoms with Gasteiger partial charge in [0.1, 0.15) is 0 Å². The van der Waals surface area contributed by atoms with E-state index in [2.05, 4.69) is 10.4 Å². The Bertz CT molecular complexity index is 704. The van der Waals surface area contributed by atoms with Gasteiger partial charge >= 0.3 is 0 Å². The molecule has 0 aliphatic carbocycles. The molecule has 1 aliphatic rings. The third-order valence-electron chi connectivity index (χ3n) is 4.57. The summed E-state index contributed by atoms with van der Waals surface area (Å²) in [7, 11) is 1.82. The summed E-state index contributed by atoms with van der Waals surface area (Å²) in [5, 5.41) is 7.37. The lowest BCUT2D eigenvalue weighted by Gasteiger charge is -2.27. The van der Waals surface area contributed by atoms with Crippen molar-refractivity contribution in [3.05, 3.63) is 53.9 Å². The molecule has 5 nitrogen and oxygen atoms in total. The van der Waals surface area contributed by atoms with Crippen molar-refractivity contribution in [1.82, 2.24) is 20.0 Å². The van der Waals surface area contributed by atoms with E-state index in [-0.39, 0.29) is 24.3 Å². The number of hydrogen-bond donors (Lipinski definition) is 1. The Labute approximate surface area is 145 Å². The highest BCUT2D eigenvalue weighted by Gasteiger charge is 2.37. The fourth-order valence-corrected chi connectivity index (χ4v) is 3.36. The van der Waals surface area contributed by atoms with Crippen molar-refractivity contribution >= 4 is 5.91 Å². The number of rotatable bonds is 6. The van der Waals surface area contributed by atoms with Crippen molar-refractivity contribution in [3.8, 4) is 0 Å². The minimum absolute atomic E-state index is 0.0443. The van der Waals surface area contributed by atoms with Gasteiger partial charge in [-0.25, -0.2) is 8.78 Å². The normalized spacial score (nSPS) is 20.2. The molecule has 134 valence electrons. The van der Waals surface area contributed by atoms with E-state index in [0.717, 1.165) is 11.1 Å². The molecule has 2 aromatic rings. The largest absolute Gasteiger partial charge is 0.332 e. The maximum absolute atomic E-state index is 13.0. The number of amides is 1. The molecule has 2 atom stereocenters. The van der Waals surface area contributed by atoms with Gasteiger partial charge in [0.05, 0.1) is 18.7 Å². The van der Waals surface area contributed by atoms with Crippen LogP contribution < -0.4 is 5.32 Å². The lowest BCUT2D eigenvalue weighted by molar-refractivity contribution is -0.138. The smallest absolute Gasteiger partial charge is 0.255 e. The van der Waals surface area contributed by atoms with Crippen LogP contribution in [0.25, 0.3) is 0 Å². The van der Waals surface area contributed by atoms with Crippen LogP contribution in [0.1, 0.15) is 17.0 Å². The highest BCUT2D eigenvalue weighted by Crippen LogP contribution is 2.30. The number of alkyl halides is 2. The van der Waals surface area contributed by atoms with Gasteiger partial charge in [0.25, 0.3) is 6.43 Å². The highest BCUT2D eigenvalue weighted by molar-refractivity contribution is 5.80. The Morgan fingerprint density at radius 2 is 2.12 bits per heavy atom. The summed E-state index contributed by atoms with van der Waals surface area (Å²) >= 11 is 0. The van der Waals surface area contributed by atoms with E-state index < -0.39 is 13.0 Å². The van der Waals surface area contributed by atoms with Gasteiger partial charge in [-0.1, -0.05) is 30.3 Å². The lowest BCUT2D eigenvalue weighted by Crippen LogP contribution is -2.41. The van der Waals surface area contributed by atoms with Crippen molar-refractivity contribution in [2.24, 2.45) is 13.0 Å². The second kappa shape index (κ2) is 7.74. The van der Waals surface area contributed by atoms with Gasteiger partial charge in [-0.15, -0.1) is 0 Å². The Morgan fingerprint density at radius 3 is 2.76 bits per heavy atom. The van der Waals surface area contributed by atoms with Gasteiger partial charge in [0.15, 0.2) is 0 Å².